The summed E-state index contributed by atoms with van der Waals surface area (Å²) in [5.41, 5.74) is 1.62. The highest BCUT2D eigenvalue weighted by Crippen LogP contribution is 2.25. The fourth-order valence-corrected chi connectivity index (χ4v) is 1.62. The van der Waals surface area contributed by atoms with Gasteiger partial charge in [0.25, 0.3) is 5.89 Å². The number of aromatic nitrogens is 5. The molecule has 0 aliphatic carbocycles. The second-order valence-corrected chi connectivity index (χ2v) is 4.64. The summed E-state index contributed by atoms with van der Waals surface area (Å²) < 4.78 is 10.6. The SMILES string of the molecule is COC(C)(C)c1noc(-c2cnc3nc[nH]c3c2)n1. The van der Waals surface area contributed by atoms with Crippen molar-refractivity contribution in [2.75, 3.05) is 7.11 Å². The molecule has 7 heteroatoms. The summed E-state index contributed by atoms with van der Waals surface area (Å²) in [5, 5.41) is 3.94. The van der Waals surface area contributed by atoms with Crippen LogP contribution in [0.1, 0.15) is 19.7 Å². The lowest BCUT2D eigenvalue weighted by molar-refractivity contribution is 0.00973. The summed E-state index contributed by atoms with van der Waals surface area (Å²) >= 11 is 0. The highest BCUT2D eigenvalue weighted by Gasteiger charge is 2.26. The third kappa shape index (κ3) is 1.97. The van der Waals surface area contributed by atoms with Gasteiger partial charge in [0.15, 0.2) is 5.65 Å². The first-order valence-electron chi connectivity index (χ1n) is 5.79. The van der Waals surface area contributed by atoms with Crippen molar-refractivity contribution in [3.63, 3.8) is 0 Å². The number of imidazole rings is 1. The van der Waals surface area contributed by atoms with Crippen molar-refractivity contribution < 1.29 is 9.26 Å². The van der Waals surface area contributed by atoms with Crippen LogP contribution in [0, 0.1) is 0 Å². The first-order valence-corrected chi connectivity index (χ1v) is 5.79. The Kier molecular flexibility index (Phi) is 2.56. The van der Waals surface area contributed by atoms with Gasteiger partial charge in [-0.25, -0.2) is 9.97 Å². The molecular weight excluding hydrogens is 246 g/mol. The number of pyridine rings is 1. The van der Waals surface area contributed by atoms with Crippen molar-refractivity contribution in [3.8, 4) is 11.5 Å². The van der Waals surface area contributed by atoms with E-state index in [4.69, 9.17) is 9.26 Å². The number of fused-ring (bicyclic) bond motifs is 1. The predicted molar refractivity (Wildman–Crippen MR) is 67.2 cm³/mol. The molecule has 0 aliphatic heterocycles. The molecule has 0 saturated carbocycles. The van der Waals surface area contributed by atoms with Gasteiger partial charge in [-0.3, -0.25) is 0 Å². The Hall–Kier alpha value is -2.28. The first kappa shape index (κ1) is 11.8. The van der Waals surface area contributed by atoms with Gasteiger partial charge in [0.05, 0.1) is 17.4 Å². The van der Waals surface area contributed by atoms with Crippen LogP contribution in [0.2, 0.25) is 0 Å². The largest absolute Gasteiger partial charge is 0.371 e. The van der Waals surface area contributed by atoms with Gasteiger partial charge >= 0.3 is 0 Å². The second-order valence-electron chi connectivity index (χ2n) is 4.64. The van der Waals surface area contributed by atoms with Crippen LogP contribution in [0.15, 0.2) is 23.1 Å². The number of H-pyrrole nitrogens is 1. The fraction of sp³-hybridized carbons (Fsp3) is 0.333. The Balaban J connectivity index is 2.02. The molecule has 3 aromatic rings. The van der Waals surface area contributed by atoms with Crippen molar-refractivity contribution in [3.05, 3.63) is 24.4 Å². The zero-order valence-corrected chi connectivity index (χ0v) is 10.8. The zero-order chi connectivity index (χ0) is 13.5. The minimum Gasteiger partial charge on any atom is -0.371 e. The number of hydrogen-bond donors (Lipinski definition) is 1. The Labute approximate surface area is 109 Å². The van der Waals surface area contributed by atoms with Gasteiger partial charge in [-0.05, 0) is 19.9 Å². The number of aromatic amines is 1. The van der Waals surface area contributed by atoms with Gasteiger partial charge in [0.2, 0.25) is 5.82 Å². The number of hydrogen-bond acceptors (Lipinski definition) is 6. The summed E-state index contributed by atoms with van der Waals surface area (Å²) in [4.78, 5) is 15.6. The van der Waals surface area contributed by atoms with Gasteiger partial charge in [0, 0.05) is 13.3 Å². The van der Waals surface area contributed by atoms with E-state index in [1.165, 1.54) is 0 Å². The Bertz CT molecular complexity index is 716. The molecule has 0 saturated heterocycles. The van der Waals surface area contributed by atoms with Gasteiger partial charge in [-0.15, -0.1) is 0 Å². The topological polar surface area (TPSA) is 89.7 Å². The molecule has 0 amide bonds. The summed E-state index contributed by atoms with van der Waals surface area (Å²) in [5.74, 6) is 0.902. The number of ether oxygens (including phenoxy) is 1. The normalized spacial score (nSPS) is 12.2. The van der Waals surface area contributed by atoms with Crippen LogP contribution < -0.4 is 0 Å². The van der Waals surface area contributed by atoms with Crippen LogP contribution in [0.5, 0.6) is 0 Å². The number of rotatable bonds is 3. The van der Waals surface area contributed by atoms with Crippen molar-refractivity contribution in [1.29, 1.82) is 0 Å². The fourth-order valence-electron chi connectivity index (χ4n) is 1.62. The molecule has 0 aliphatic rings. The van der Waals surface area contributed by atoms with Gasteiger partial charge < -0.3 is 14.2 Å². The monoisotopic (exact) mass is 259 g/mol. The van der Waals surface area contributed by atoms with Crippen LogP contribution in [-0.4, -0.2) is 32.2 Å². The van der Waals surface area contributed by atoms with Crippen LogP contribution >= 0.6 is 0 Å². The zero-order valence-electron chi connectivity index (χ0n) is 10.8. The van der Waals surface area contributed by atoms with E-state index in [1.807, 2.05) is 19.9 Å². The van der Waals surface area contributed by atoms with E-state index in [-0.39, 0.29) is 0 Å². The Morgan fingerprint density at radius 1 is 1.32 bits per heavy atom. The quantitative estimate of drug-likeness (QED) is 0.772. The molecule has 7 nitrogen and oxygen atoms in total. The van der Waals surface area contributed by atoms with Crippen LogP contribution in [-0.2, 0) is 10.3 Å². The van der Waals surface area contributed by atoms with Crippen molar-refractivity contribution >= 4 is 11.2 Å². The van der Waals surface area contributed by atoms with E-state index in [0.29, 0.717) is 17.4 Å². The molecule has 19 heavy (non-hydrogen) atoms. The third-order valence-electron chi connectivity index (χ3n) is 3.00. The lowest BCUT2D eigenvalue weighted by atomic mass is 10.1. The summed E-state index contributed by atoms with van der Waals surface area (Å²) in [7, 11) is 1.61. The Morgan fingerprint density at radius 2 is 2.16 bits per heavy atom. The standard InChI is InChI=1S/C12H13N5O2/c1-12(2,18-3)11-16-10(19-17-11)7-4-8-9(13-5-7)15-6-14-8/h4-6H,1-3H3,(H,13,14,15). The van der Waals surface area contributed by atoms with E-state index in [2.05, 4.69) is 25.1 Å². The molecule has 0 spiro atoms. The average molecular weight is 259 g/mol. The average Bonchev–Trinajstić information content (AvgIpc) is 3.06. The molecular formula is C12H13N5O2. The van der Waals surface area contributed by atoms with Gasteiger partial charge in [-0.1, -0.05) is 5.16 Å². The van der Waals surface area contributed by atoms with Crippen molar-refractivity contribution in [1.82, 2.24) is 25.1 Å². The summed E-state index contributed by atoms with van der Waals surface area (Å²) in [6.45, 7) is 3.75. The predicted octanol–water partition coefficient (Wildman–Crippen LogP) is 1.89. The molecule has 0 atom stereocenters. The smallest absolute Gasteiger partial charge is 0.259 e. The molecule has 3 rings (SSSR count). The highest BCUT2D eigenvalue weighted by molar-refractivity contribution is 5.75. The van der Waals surface area contributed by atoms with Crippen molar-refractivity contribution in [2.45, 2.75) is 19.4 Å². The molecule has 3 aromatic heterocycles. The number of methoxy groups -OCH3 is 1. The highest BCUT2D eigenvalue weighted by atomic mass is 16.5. The van der Waals surface area contributed by atoms with Crippen LogP contribution in [0.25, 0.3) is 22.6 Å². The second kappa shape index (κ2) is 4.13. The molecule has 98 valence electrons. The third-order valence-corrected chi connectivity index (χ3v) is 3.00. The number of nitrogens with zero attached hydrogens (tertiary/aromatic N) is 4. The first-order chi connectivity index (χ1) is 9.10. The molecule has 3 heterocycles. The van der Waals surface area contributed by atoms with Crippen molar-refractivity contribution in [2.24, 2.45) is 0 Å². The van der Waals surface area contributed by atoms with E-state index < -0.39 is 5.60 Å². The summed E-state index contributed by atoms with van der Waals surface area (Å²) in [6, 6.07) is 1.87. The molecule has 0 fully saturated rings. The number of nitrogens with one attached hydrogen (secondary N) is 1. The van der Waals surface area contributed by atoms with E-state index in [0.717, 1.165) is 11.1 Å². The Morgan fingerprint density at radius 3 is 2.95 bits per heavy atom. The van der Waals surface area contributed by atoms with Gasteiger partial charge in [0.1, 0.15) is 5.60 Å². The van der Waals surface area contributed by atoms with Crippen LogP contribution in [0.4, 0.5) is 0 Å². The summed E-state index contributed by atoms with van der Waals surface area (Å²) in [6.07, 6.45) is 3.25. The molecule has 1 N–H and O–H groups in total. The minimum atomic E-state index is -0.590. The maximum absolute atomic E-state index is 5.31. The van der Waals surface area contributed by atoms with E-state index in [1.54, 1.807) is 19.6 Å². The maximum Gasteiger partial charge on any atom is 0.259 e. The maximum atomic E-state index is 5.31. The molecule has 0 aromatic carbocycles. The lowest BCUT2D eigenvalue weighted by Gasteiger charge is -2.17. The minimum absolute atomic E-state index is 0.407. The molecule has 0 unspecified atom stereocenters. The molecule has 0 bridgehead atoms. The van der Waals surface area contributed by atoms with E-state index >= 15 is 0 Å². The molecule has 0 radical (unpaired) electrons. The van der Waals surface area contributed by atoms with Crippen LogP contribution in [0.3, 0.4) is 0 Å². The lowest BCUT2D eigenvalue weighted by Crippen LogP contribution is -2.21. The van der Waals surface area contributed by atoms with Gasteiger partial charge in [-0.2, -0.15) is 4.98 Å². The van der Waals surface area contributed by atoms with E-state index in [9.17, 15) is 0 Å².